The zero-order valence-corrected chi connectivity index (χ0v) is 7.83. The summed E-state index contributed by atoms with van der Waals surface area (Å²) in [5.74, 6) is 0. The summed E-state index contributed by atoms with van der Waals surface area (Å²) in [5.41, 5.74) is 4.99. The summed E-state index contributed by atoms with van der Waals surface area (Å²) in [6.07, 6.45) is 7.18. The lowest BCUT2D eigenvalue weighted by Crippen LogP contribution is -1.84. The van der Waals surface area contributed by atoms with E-state index in [9.17, 15) is 0 Å². The Morgan fingerprint density at radius 2 is 2.00 bits per heavy atom. The molecule has 0 saturated heterocycles. The fraction of sp³-hybridized carbons (Fsp3) is 0.273. The summed E-state index contributed by atoms with van der Waals surface area (Å²) in [6, 6.07) is 4.02. The van der Waals surface area contributed by atoms with Crippen LogP contribution in [0.25, 0.3) is 11.3 Å². The SMILES string of the molecule is c1cc(-c2n[nH]c3c2CCC3)ccn1. The molecular formula is C11H11N3. The summed E-state index contributed by atoms with van der Waals surface area (Å²) in [4.78, 5) is 4.01. The first-order chi connectivity index (χ1) is 6.95. The number of H-pyrrole nitrogens is 1. The molecular weight excluding hydrogens is 174 g/mol. The van der Waals surface area contributed by atoms with E-state index in [-0.39, 0.29) is 0 Å². The van der Waals surface area contributed by atoms with Gasteiger partial charge in [-0.3, -0.25) is 10.1 Å². The van der Waals surface area contributed by atoms with Gasteiger partial charge in [-0.2, -0.15) is 5.10 Å². The molecule has 1 aliphatic rings. The Hall–Kier alpha value is -1.64. The molecule has 70 valence electrons. The van der Waals surface area contributed by atoms with E-state index < -0.39 is 0 Å². The van der Waals surface area contributed by atoms with Crippen molar-refractivity contribution in [3.63, 3.8) is 0 Å². The van der Waals surface area contributed by atoms with E-state index in [1.807, 2.05) is 24.5 Å². The van der Waals surface area contributed by atoms with Crippen LogP contribution in [-0.2, 0) is 12.8 Å². The van der Waals surface area contributed by atoms with Gasteiger partial charge in [-0.1, -0.05) is 0 Å². The molecule has 1 aliphatic carbocycles. The number of aromatic nitrogens is 3. The lowest BCUT2D eigenvalue weighted by atomic mass is 10.1. The Morgan fingerprint density at radius 1 is 1.14 bits per heavy atom. The molecule has 2 heterocycles. The normalized spacial score (nSPS) is 14.3. The minimum atomic E-state index is 1.11. The predicted molar refractivity (Wildman–Crippen MR) is 53.8 cm³/mol. The van der Waals surface area contributed by atoms with Gasteiger partial charge in [0.05, 0.1) is 5.69 Å². The number of rotatable bonds is 1. The fourth-order valence-corrected chi connectivity index (χ4v) is 2.07. The average molecular weight is 185 g/mol. The first-order valence-electron chi connectivity index (χ1n) is 4.91. The van der Waals surface area contributed by atoms with Gasteiger partial charge < -0.3 is 0 Å². The summed E-state index contributed by atoms with van der Waals surface area (Å²) in [6.45, 7) is 0. The summed E-state index contributed by atoms with van der Waals surface area (Å²) >= 11 is 0. The number of nitrogens with zero attached hydrogens (tertiary/aromatic N) is 2. The highest BCUT2D eigenvalue weighted by molar-refractivity contribution is 5.64. The number of hydrogen-bond acceptors (Lipinski definition) is 2. The molecule has 1 N–H and O–H groups in total. The Balaban J connectivity index is 2.13. The zero-order chi connectivity index (χ0) is 9.38. The second kappa shape index (κ2) is 2.94. The largest absolute Gasteiger partial charge is 0.282 e. The predicted octanol–water partition coefficient (Wildman–Crippen LogP) is 1.96. The van der Waals surface area contributed by atoms with Crippen LogP contribution in [0.2, 0.25) is 0 Å². The van der Waals surface area contributed by atoms with Crippen molar-refractivity contribution in [2.75, 3.05) is 0 Å². The van der Waals surface area contributed by atoms with Crippen molar-refractivity contribution in [3.05, 3.63) is 35.8 Å². The topological polar surface area (TPSA) is 41.6 Å². The van der Waals surface area contributed by atoms with Crippen LogP contribution < -0.4 is 0 Å². The lowest BCUT2D eigenvalue weighted by molar-refractivity contribution is 0.867. The third kappa shape index (κ3) is 1.05. The van der Waals surface area contributed by atoms with Crippen LogP contribution in [0.5, 0.6) is 0 Å². The standard InChI is InChI=1S/C11H11N3/c1-2-9-10(3-1)13-14-11(9)8-4-6-12-7-5-8/h4-7H,1-3H2,(H,13,14). The van der Waals surface area contributed by atoms with Crippen molar-refractivity contribution in [2.45, 2.75) is 19.3 Å². The highest BCUT2D eigenvalue weighted by Crippen LogP contribution is 2.29. The monoisotopic (exact) mass is 185 g/mol. The Morgan fingerprint density at radius 3 is 2.86 bits per heavy atom. The molecule has 0 aromatic carbocycles. The number of pyridine rings is 1. The second-order valence-corrected chi connectivity index (χ2v) is 3.62. The third-order valence-corrected chi connectivity index (χ3v) is 2.76. The molecule has 0 bridgehead atoms. The average Bonchev–Trinajstić information content (AvgIpc) is 2.79. The van der Waals surface area contributed by atoms with E-state index in [2.05, 4.69) is 15.2 Å². The van der Waals surface area contributed by atoms with Crippen molar-refractivity contribution >= 4 is 0 Å². The molecule has 0 amide bonds. The molecule has 0 radical (unpaired) electrons. The van der Waals surface area contributed by atoms with Crippen LogP contribution in [0.15, 0.2) is 24.5 Å². The molecule has 3 rings (SSSR count). The molecule has 0 aliphatic heterocycles. The molecule has 0 saturated carbocycles. The van der Waals surface area contributed by atoms with Gasteiger partial charge >= 0.3 is 0 Å². The van der Waals surface area contributed by atoms with Gasteiger partial charge in [-0.15, -0.1) is 0 Å². The van der Waals surface area contributed by atoms with E-state index in [4.69, 9.17) is 0 Å². The molecule has 0 fully saturated rings. The minimum absolute atomic E-state index is 1.11. The van der Waals surface area contributed by atoms with Crippen LogP contribution in [0.4, 0.5) is 0 Å². The maximum Gasteiger partial charge on any atom is 0.0956 e. The molecule has 3 heteroatoms. The van der Waals surface area contributed by atoms with Crippen molar-refractivity contribution < 1.29 is 0 Å². The van der Waals surface area contributed by atoms with Gasteiger partial charge in [0.2, 0.25) is 0 Å². The van der Waals surface area contributed by atoms with E-state index in [1.54, 1.807) is 0 Å². The van der Waals surface area contributed by atoms with Crippen LogP contribution in [0.1, 0.15) is 17.7 Å². The van der Waals surface area contributed by atoms with Gasteiger partial charge in [0, 0.05) is 29.2 Å². The van der Waals surface area contributed by atoms with Crippen LogP contribution >= 0.6 is 0 Å². The van der Waals surface area contributed by atoms with Crippen molar-refractivity contribution in [3.8, 4) is 11.3 Å². The lowest BCUT2D eigenvalue weighted by Gasteiger charge is -1.97. The van der Waals surface area contributed by atoms with Crippen molar-refractivity contribution in [1.82, 2.24) is 15.2 Å². The van der Waals surface area contributed by atoms with E-state index in [1.165, 1.54) is 23.2 Å². The highest BCUT2D eigenvalue weighted by Gasteiger charge is 2.18. The van der Waals surface area contributed by atoms with Crippen LogP contribution in [0, 0.1) is 0 Å². The molecule has 0 atom stereocenters. The van der Waals surface area contributed by atoms with Crippen molar-refractivity contribution in [2.24, 2.45) is 0 Å². The number of hydrogen-bond donors (Lipinski definition) is 1. The Labute approximate surface area is 82.2 Å². The summed E-state index contributed by atoms with van der Waals surface area (Å²) < 4.78 is 0. The smallest absolute Gasteiger partial charge is 0.0956 e. The van der Waals surface area contributed by atoms with Crippen LogP contribution in [0.3, 0.4) is 0 Å². The fourth-order valence-electron chi connectivity index (χ4n) is 2.07. The van der Waals surface area contributed by atoms with Gasteiger partial charge in [-0.05, 0) is 31.4 Å². The second-order valence-electron chi connectivity index (χ2n) is 3.62. The first kappa shape index (κ1) is 7.74. The van der Waals surface area contributed by atoms with Crippen molar-refractivity contribution in [1.29, 1.82) is 0 Å². The number of aromatic amines is 1. The summed E-state index contributed by atoms with van der Waals surface area (Å²) in [7, 11) is 0. The number of aryl methyl sites for hydroxylation is 1. The quantitative estimate of drug-likeness (QED) is 0.737. The van der Waals surface area contributed by atoms with Crippen LogP contribution in [-0.4, -0.2) is 15.2 Å². The zero-order valence-electron chi connectivity index (χ0n) is 7.83. The maximum absolute atomic E-state index is 4.36. The molecule has 14 heavy (non-hydrogen) atoms. The number of nitrogens with one attached hydrogen (secondary N) is 1. The number of fused-ring (bicyclic) bond motifs is 1. The molecule has 2 aromatic rings. The molecule has 0 unspecified atom stereocenters. The third-order valence-electron chi connectivity index (χ3n) is 2.76. The van der Waals surface area contributed by atoms with Gasteiger partial charge in [-0.25, -0.2) is 0 Å². The van der Waals surface area contributed by atoms with E-state index in [0.717, 1.165) is 18.5 Å². The van der Waals surface area contributed by atoms with Gasteiger partial charge in [0.15, 0.2) is 0 Å². The summed E-state index contributed by atoms with van der Waals surface area (Å²) in [5, 5.41) is 7.47. The first-order valence-corrected chi connectivity index (χ1v) is 4.91. The van der Waals surface area contributed by atoms with E-state index in [0.29, 0.717) is 0 Å². The molecule has 3 nitrogen and oxygen atoms in total. The maximum atomic E-state index is 4.36. The molecule has 0 spiro atoms. The highest BCUT2D eigenvalue weighted by atomic mass is 15.1. The Bertz CT molecular complexity index is 445. The molecule has 2 aromatic heterocycles. The minimum Gasteiger partial charge on any atom is -0.282 e. The van der Waals surface area contributed by atoms with E-state index >= 15 is 0 Å². The Kier molecular flexibility index (Phi) is 1.63. The van der Waals surface area contributed by atoms with Gasteiger partial charge in [0.1, 0.15) is 0 Å². The van der Waals surface area contributed by atoms with Gasteiger partial charge in [0.25, 0.3) is 0 Å².